The molecule has 0 amide bonds. The third kappa shape index (κ3) is 5.43. The number of ether oxygens (including phenoxy) is 4. The van der Waals surface area contributed by atoms with E-state index in [4.69, 9.17) is 24.7 Å². The number of rotatable bonds is 6. The predicted molar refractivity (Wildman–Crippen MR) is 126 cm³/mol. The van der Waals surface area contributed by atoms with E-state index in [1.165, 1.54) is 5.56 Å². The van der Waals surface area contributed by atoms with E-state index in [1.807, 2.05) is 52.0 Å². The summed E-state index contributed by atoms with van der Waals surface area (Å²) in [6.07, 6.45) is 1.71. The van der Waals surface area contributed by atoms with Crippen LogP contribution in [0.3, 0.4) is 0 Å². The molecule has 174 valence electrons. The topological polar surface area (TPSA) is 83.2 Å². The first kappa shape index (κ1) is 26.6. The molecule has 0 saturated heterocycles. The quantitative estimate of drug-likeness (QED) is 0.689. The molecule has 0 heterocycles. The van der Waals surface area contributed by atoms with Crippen molar-refractivity contribution in [3.05, 3.63) is 46.5 Å². The molecular weight excluding hydrogens is 394 g/mol. The summed E-state index contributed by atoms with van der Waals surface area (Å²) in [5, 5.41) is 10.1. The molecule has 3 rings (SSSR count). The number of hydrogen-bond acceptors (Lipinski definition) is 6. The van der Waals surface area contributed by atoms with Crippen molar-refractivity contribution in [2.45, 2.75) is 59.1 Å². The van der Waals surface area contributed by atoms with E-state index in [0.717, 1.165) is 24.0 Å². The van der Waals surface area contributed by atoms with Gasteiger partial charge in [-0.1, -0.05) is 33.8 Å². The highest BCUT2D eigenvalue weighted by molar-refractivity contribution is 5.57. The van der Waals surface area contributed by atoms with Gasteiger partial charge in [0.1, 0.15) is 0 Å². The first-order valence-electron chi connectivity index (χ1n) is 10.9. The van der Waals surface area contributed by atoms with Crippen LogP contribution in [0.1, 0.15) is 62.3 Å². The van der Waals surface area contributed by atoms with Gasteiger partial charge in [-0.25, -0.2) is 0 Å². The lowest BCUT2D eigenvalue weighted by Gasteiger charge is -2.34. The summed E-state index contributed by atoms with van der Waals surface area (Å²) >= 11 is 0. The zero-order valence-electron chi connectivity index (χ0n) is 20.2. The molecule has 0 aromatic heterocycles. The Morgan fingerprint density at radius 1 is 0.839 bits per heavy atom. The van der Waals surface area contributed by atoms with Gasteiger partial charge in [0.25, 0.3) is 0 Å². The molecule has 1 aliphatic rings. The van der Waals surface area contributed by atoms with Crippen LogP contribution in [0, 0.1) is 0 Å². The fourth-order valence-electron chi connectivity index (χ4n) is 4.02. The molecular formula is C25H39NO5. The smallest absolute Gasteiger partial charge is 0.166 e. The van der Waals surface area contributed by atoms with Crippen molar-refractivity contribution < 1.29 is 24.1 Å². The van der Waals surface area contributed by atoms with E-state index >= 15 is 0 Å². The first-order chi connectivity index (χ1) is 15.1. The molecule has 0 fully saturated rings. The van der Waals surface area contributed by atoms with Gasteiger partial charge in [-0.15, -0.1) is 0 Å². The fourth-order valence-corrected chi connectivity index (χ4v) is 4.02. The fraction of sp³-hybridized carbons (Fsp3) is 0.520. The summed E-state index contributed by atoms with van der Waals surface area (Å²) in [7, 11) is 6.41. The lowest BCUT2D eigenvalue weighted by Crippen LogP contribution is -2.34. The normalized spacial score (nSPS) is 16.6. The van der Waals surface area contributed by atoms with Gasteiger partial charge < -0.3 is 29.8 Å². The highest BCUT2D eigenvalue weighted by Crippen LogP contribution is 2.45. The second kappa shape index (κ2) is 13.1. The van der Waals surface area contributed by atoms with Crippen LogP contribution < -0.4 is 24.7 Å². The second-order valence-corrected chi connectivity index (χ2v) is 6.61. The van der Waals surface area contributed by atoms with Crippen LogP contribution in [-0.4, -0.2) is 39.6 Å². The van der Waals surface area contributed by atoms with Gasteiger partial charge in [-0.3, -0.25) is 0 Å². The second-order valence-electron chi connectivity index (χ2n) is 6.61. The van der Waals surface area contributed by atoms with Gasteiger partial charge in [0.05, 0.1) is 35.0 Å². The summed E-state index contributed by atoms with van der Waals surface area (Å²) in [5.41, 5.74) is 10.5. The van der Waals surface area contributed by atoms with Crippen molar-refractivity contribution in [3.8, 4) is 23.0 Å². The summed E-state index contributed by atoms with van der Waals surface area (Å²) in [6, 6.07) is 7.75. The summed E-state index contributed by atoms with van der Waals surface area (Å²) in [6.45, 7) is 7.83. The van der Waals surface area contributed by atoms with Gasteiger partial charge in [0.15, 0.2) is 23.0 Å². The van der Waals surface area contributed by atoms with Gasteiger partial charge in [-0.05, 0) is 47.7 Å². The van der Waals surface area contributed by atoms with Gasteiger partial charge in [-0.2, -0.15) is 0 Å². The van der Waals surface area contributed by atoms with E-state index in [2.05, 4.69) is 0 Å². The molecule has 1 aliphatic carbocycles. The minimum atomic E-state index is -0.165. The van der Waals surface area contributed by atoms with Crippen LogP contribution in [0.5, 0.6) is 23.0 Å². The third-order valence-electron chi connectivity index (χ3n) is 5.33. The number of hydrogen-bond donors (Lipinski definition) is 2. The van der Waals surface area contributed by atoms with Crippen molar-refractivity contribution in [1.82, 2.24) is 0 Å². The SMILES string of the molecule is CC.CC.COc1cc2c(cc1OC)C(c1ccc(OC)c(OC)c1CO)C(N)CC2. The van der Waals surface area contributed by atoms with Crippen molar-refractivity contribution in [2.24, 2.45) is 5.73 Å². The summed E-state index contributed by atoms with van der Waals surface area (Å²) < 4.78 is 21.9. The minimum Gasteiger partial charge on any atom is -0.493 e. The van der Waals surface area contributed by atoms with Crippen molar-refractivity contribution in [2.75, 3.05) is 28.4 Å². The van der Waals surface area contributed by atoms with Gasteiger partial charge in [0, 0.05) is 17.5 Å². The predicted octanol–water partition coefficient (Wildman–Crippen LogP) is 4.67. The summed E-state index contributed by atoms with van der Waals surface area (Å²) in [5.74, 6) is 2.41. The standard InChI is InChI=1S/C21H27NO5.2C2H6/c1-24-17-8-6-13(15(11-23)21(17)27-4)20-14-10-19(26-3)18(25-2)9-12(14)5-7-16(20)22;2*1-2/h6,8-10,16,20,23H,5,7,11,22H2,1-4H3;2*1-2H3. The molecule has 2 unspecified atom stereocenters. The Morgan fingerprint density at radius 3 is 1.94 bits per heavy atom. The number of aliphatic hydroxyl groups excluding tert-OH is 1. The molecule has 2 aromatic carbocycles. The van der Waals surface area contributed by atoms with Crippen LogP contribution in [0.25, 0.3) is 0 Å². The molecule has 0 aliphatic heterocycles. The Kier molecular flexibility index (Phi) is 11.2. The van der Waals surface area contributed by atoms with Crippen molar-refractivity contribution in [3.63, 3.8) is 0 Å². The number of aryl methyl sites for hydroxylation is 1. The van der Waals surface area contributed by atoms with Crippen LogP contribution in [0.15, 0.2) is 24.3 Å². The van der Waals surface area contributed by atoms with Crippen molar-refractivity contribution in [1.29, 1.82) is 0 Å². The molecule has 2 atom stereocenters. The van der Waals surface area contributed by atoms with Crippen LogP contribution in [-0.2, 0) is 13.0 Å². The number of benzene rings is 2. The highest BCUT2D eigenvalue weighted by atomic mass is 16.5. The van der Waals surface area contributed by atoms with E-state index in [1.54, 1.807) is 28.4 Å². The average molecular weight is 434 g/mol. The van der Waals surface area contributed by atoms with E-state index in [-0.39, 0.29) is 18.6 Å². The maximum absolute atomic E-state index is 10.1. The Bertz CT molecular complexity index is 822. The maximum Gasteiger partial charge on any atom is 0.166 e. The maximum atomic E-state index is 10.1. The Hall–Kier alpha value is -2.44. The number of nitrogens with two attached hydrogens (primary N) is 1. The van der Waals surface area contributed by atoms with Gasteiger partial charge in [0.2, 0.25) is 0 Å². The zero-order valence-corrected chi connectivity index (χ0v) is 20.2. The largest absolute Gasteiger partial charge is 0.493 e. The average Bonchev–Trinajstić information content (AvgIpc) is 2.84. The van der Waals surface area contributed by atoms with E-state index in [0.29, 0.717) is 28.6 Å². The lowest BCUT2D eigenvalue weighted by molar-refractivity contribution is 0.267. The lowest BCUT2D eigenvalue weighted by atomic mass is 9.74. The Morgan fingerprint density at radius 2 is 1.42 bits per heavy atom. The van der Waals surface area contributed by atoms with E-state index < -0.39 is 0 Å². The molecule has 3 N–H and O–H groups in total. The number of fused-ring (bicyclic) bond motifs is 1. The first-order valence-corrected chi connectivity index (χ1v) is 10.9. The number of aliphatic hydroxyl groups is 1. The summed E-state index contributed by atoms with van der Waals surface area (Å²) in [4.78, 5) is 0. The third-order valence-corrected chi connectivity index (χ3v) is 5.33. The molecule has 0 bridgehead atoms. The number of methoxy groups -OCH3 is 4. The molecule has 0 spiro atoms. The molecule has 6 nitrogen and oxygen atoms in total. The monoisotopic (exact) mass is 433 g/mol. The minimum absolute atomic E-state index is 0.0843. The molecule has 0 radical (unpaired) electrons. The molecule has 2 aromatic rings. The Labute approximate surface area is 187 Å². The van der Waals surface area contributed by atoms with Crippen LogP contribution >= 0.6 is 0 Å². The van der Waals surface area contributed by atoms with Crippen LogP contribution in [0.4, 0.5) is 0 Å². The highest BCUT2D eigenvalue weighted by Gasteiger charge is 2.32. The zero-order chi connectivity index (χ0) is 23.6. The molecule has 0 saturated carbocycles. The van der Waals surface area contributed by atoms with Crippen LogP contribution in [0.2, 0.25) is 0 Å². The molecule has 31 heavy (non-hydrogen) atoms. The van der Waals surface area contributed by atoms with Gasteiger partial charge >= 0.3 is 0 Å². The Balaban J connectivity index is 0.00000113. The van der Waals surface area contributed by atoms with E-state index in [9.17, 15) is 5.11 Å². The van der Waals surface area contributed by atoms with Crippen molar-refractivity contribution >= 4 is 0 Å². The molecule has 6 heteroatoms.